The highest BCUT2D eigenvalue weighted by molar-refractivity contribution is 6.32. The highest BCUT2D eigenvalue weighted by Crippen LogP contribution is 2.36. The lowest BCUT2D eigenvalue weighted by molar-refractivity contribution is -0.158. The monoisotopic (exact) mass is 364 g/mol. The summed E-state index contributed by atoms with van der Waals surface area (Å²) in [6, 6.07) is 6.97. The van der Waals surface area contributed by atoms with Gasteiger partial charge in [0.15, 0.2) is 0 Å². The summed E-state index contributed by atoms with van der Waals surface area (Å²) in [7, 11) is 0. The molecule has 0 amide bonds. The Labute approximate surface area is 151 Å². The van der Waals surface area contributed by atoms with Gasteiger partial charge in [-0.05, 0) is 25.0 Å². The van der Waals surface area contributed by atoms with Gasteiger partial charge in [-0.3, -0.25) is 9.59 Å². The third-order valence-corrected chi connectivity index (χ3v) is 4.80. The van der Waals surface area contributed by atoms with Crippen molar-refractivity contribution in [3.8, 4) is 5.75 Å². The van der Waals surface area contributed by atoms with Crippen molar-refractivity contribution in [3.63, 3.8) is 0 Å². The Kier molecular flexibility index (Phi) is 5.33. The van der Waals surface area contributed by atoms with Gasteiger partial charge in [-0.1, -0.05) is 37.6 Å². The quantitative estimate of drug-likeness (QED) is 0.758. The van der Waals surface area contributed by atoms with Gasteiger partial charge >= 0.3 is 5.97 Å². The Morgan fingerprint density at radius 1 is 1.28 bits per heavy atom. The molecule has 3 rings (SSSR count). The fourth-order valence-electron chi connectivity index (χ4n) is 3.06. The van der Waals surface area contributed by atoms with Gasteiger partial charge in [0.05, 0.1) is 16.9 Å². The molecule has 1 aromatic rings. The van der Waals surface area contributed by atoms with Crippen LogP contribution in [0.1, 0.15) is 33.1 Å². The summed E-state index contributed by atoms with van der Waals surface area (Å²) in [6.45, 7) is 3.60. The fraction of sp³-hybridized carbons (Fsp3) is 0.474. The van der Waals surface area contributed by atoms with Crippen molar-refractivity contribution in [3.05, 3.63) is 41.3 Å². The summed E-state index contributed by atoms with van der Waals surface area (Å²) in [4.78, 5) is 24.4. The first-order valence-electron chi connectivity index (χ1n) is 8.48. The maximum atomic E-state index is 12.7. The SMILES string of the molecule is CC(C)C(=O)OC1CCC2C(=O)C(Oc3ccccc3Cl)=COC2C1. The number of ketones is 1. The number of esters is 1. The Morgan fingerprint density at radius 2 is 2.04 bits per heavy atom. The van der Waals surface area contributed by atoms with Crippen LogP contribution >= 0.6 is 11.6 Å². The third kappa shape index (κ3) is 3.98. The Balaban J connectivity index is 1.65. The smallest absolute Gasteiger partial charge is 0.308 e. The average Bonchev–Trinajstić information content (AvgIpc) is 2.59. The van der Waals surface area contributed by atoms with Gasteiger partial charge in [0.2, 0.25) is 11.5 Å². The second kappa shape index (κ2) is 7.48. The number of fused-ring (bicyclic) bond motifs is 1. The summed E-state index contributed by atoms with van der Waals surface area (Å²) in [5.74, 6) is -0.176. The van der Waals surface area contributed by atoms with Crippen LogP contribution in [-0.4, -0.2) is 24.0 Å². The molecular formula is C19H21ClO5. The lowest BCUT2D eigenvalue weighted by Crippen LogP contribution is -2.43. The molecule has 0 radical (unpaired) electrons. The average molecular weight is 365 g/mol. The third-order valence-electron chi connectivity index (χ3n) is 4.48. The zero-order valence-electron chi connectivity index (χ0n) is 14.2. The van der Waals surface area contributed by atoms with Crippen molar-refractivity contribution in [1.82, 2.24) is 0 Å². The predicted molar refractivity (Wildman–Crippen MR) is 92.1 cm³/mol. The normalized spacial score (nSPS) is 25.7. The van der Waals surface area contributed by atoms with Crippen molar-refractivity contribution in [2.75, 3.05) is 0 Å². The number of carbonyl (C=O) groups is 2. The number of halogens is 1. The Hall–Kier alpha value is -2.01. The van der Waals surface area contributed by atoms with E-state index in [0.29, 0.717) is 30.0 Å². The maximum Gasteiger partial charge on any atom is 0.308 e. The van der Waals surface area contributed by atoms with E-state index < -0.39 is 0 Å². The Bertz CT molecular complexity index is 697. The number of carbonyl (C=O) groups excluding carboxylic acids is 2. The molecule has 0 spiro atoms. The molecule has 1 heterocycles. The minimum atomic E-state index is -0.287. The van der Waals surface area contributed by atoms with E-state index in [2.05, 4.69) is 0 Å². The molecule has 1 aromatic carbocycles. The summed E-state index contributed by atoms with van der Waals surface area (Å²) in [5, 5.41) is 0.433. The molecule has 25 heavy (non-hydrogen) atoms. The van der Waals surface area contributed by atoms with Gasteiger partial charge in [-0.15, -0.1) is 0 Å². The zero-order chi connectivity index (χ0) is 18.0. The molecule has 1 fully saturated rings. The van der Waals surface area contributed by atoms with Gasteiger partial charge in [-0.25, -0.2) is 0 Å². The van der Waals surface area contributed by atoms with Crippen LogP contribution in [0.4, 0.5) is 0 Å². The van der Waals surface area contributed by atoms with E-state index in [9.17, 15) is 9.59 Å². The van der Waals surface area contributed by atoms with Gasteiger partial charge in [0.1, 0.15) is 24.2 Å². The number of benzene rings is 1. The first-order chi connectivity index (χ1) is 12.0. The number of allylic oxidation sites excluding steroid dienone is 1. The van der Waals surface area contributed by atoms with E-state index >= 15 is 0 Å². The van der Waals surface area contributed by atoms with Gasteiger partial charge in [0.25, 0.3) is 0 Å². The van der Waals surface area contributed by atoms with Gasteiger partial charge in [-0.2, -0.15) is 0 Å². The summed E-state index contributed by atoms with van der Waals surface area (Å²) >= 11 is 6.07. The number of hydrogen-bond donors (Lipinski definition) is 0. The molecule has 1 aliphatic carbocycles. The molecule has 2 aliphatic rings. The minimum Gasteiger partial charge on any atom is -0.493 e. The summed E-state index contributed by atoms with van der Waals surface area (Å²) < 4.78 is 16.8. The number of rotatable bonds is 4. The first kappa shape index (κ1) is 17.8. The van der Waals surface area contributed by atoms with Crippen LogP contribution < -0.4 is 4.74 Å². The molecule has 0 bridgehead atoms. The van der Waals surface area contributed by atoms with Crippen LogP contribution in [0.3, 0.4) is 0 Å². The zero-order valence-corrected chi connectivity index (χ0v) is 15.0. The van der Waals surface area contributed by atoms with E-state index in [0.717, 1.165) is 0 Å². The maximum absolute atomic E-state index is 12.7. The number of Topliss-reactive ketones (excluding diaryl/α,β-unsaturated/α-hetero) is 1. The van der Waals surface area contributed by atoms with Crippen LogP contribution in [0.2, 0.25) is 5.02 Å². The molecule has 1 saturated carbocycles. The molecule has 1 aliphatic heterocycles. The lowest BCUT2D eigenvalue weighted by atomic mass is 9.80. The summed E-state index contributed by atoms with van der Waals surface area (Å²) in [5.41, 5.74) is 0. The molecule has 3 atom stereocenters. The van der Waals surface area contributed by atoms with E-state index in [4.69, 9.17) is 25.8 Å². The van der Waals surface area contributed by atoms with Crippen molar-refractivity contribution >= 4 is 23.4 Å². The van der Waals surface area contributed by atoms with E-state index in [1.165, 1.54) is 6.26 Å². The lowest BCUT2D eigenvalue weighted by Gasteiger charge is -2.37. The van der Waals surface area contributed by atoms with E-state index in [1.54, 1.807) is 38.1 Å². The van der Waals surface area contributed by atoms with Crippen molar-refractivity contribution in [1.29, 1.82) is 0 Å². The second-order valence-electron chi connectivity index (χ2n) is 6.69. The predicted octanol–water partition coefficient (Wildman–Crippen LogP) is 3.90. The van der Waals surface area contributed by atoms with E-state index in [-0.39, 0.29) is 41.6 Å². The van der Waals surface area contributed by atoms with Crippen LogP contribution in [0, 0.1) is 11.8 Å². The molecule has 0 N–H and O–H groups in total. The number of para-hydroxylation sites is 1. The van der Waals surface area contributed by atoms with Crippen molar-refractivity contribution in [2.24, 2.45) is 11.8 Å². The number of ether oxygens (including phenoxy) is 3. The second-order valence-corrected chi connectivity index (χ2v) is 7.09. The van der Waals surface area contributed by atoms with Crippen molar-refractivity contribution < 1.29 is 23.8 Å². The number of hydrogen-bond acceptors (Lipinski definition) is 5. The highest BCUT2D eigenvalue weighted by Gasteiger charge is 2.42. The van der Waals surface area contributed by atoms with Gasteiger partial charge < -0.3 is 14.2 Å². The minimum absolute atomic E-state index is 0.0928. The first-order valence-corrected chi connectivity index (χ1v) is 8.86. The van der Waals surface area contributed by atoms with Crippen molar-refractivity contribution in [2.45, 2.75) is 45.3 Å². The van der Waals surface area contributed by atoms with Crippen LogP contribution in [0.25, 0.3) is 0 Å². The molecular weight excluding hydrogens is 344 g/mol. The topological polar surface area (TPSA) is 61.8 Å². The fourth-order valence-corrected chi connectivity index (χ4v) is 3.23. The molecule has 0 saturated heterocycles. The molecule has 0 aromatic heterocycles. The Morgan fingerprint density at radius 3 is 2.76 bits per heavy atom. The van der Waals surface area contributed by atoms with Crippen LogP contribution in [0.5, 0.6) is 5.75 Å². The molecule has 134 valence electrons. The molecule has 6 heteroatoms. The highest BCUT2D eigenvalue weighted by atomic mass is 35.5. The largest absolute Gasteiger partial charge is 0.493 e. The molecule has 5 nitrogen and oxygen atoms in total. The standard InChI is InChI=1S/C19H21ClO5/c1-11(2)19(22)24-12-7-8-13-16(9-12)23-10-17(18(13)21)25-15-6-4-3-5-14(15)20/h3-6,10-13,16H,7-9H2,1-2H3. The summed E-state index contributed by atoms with van der Waals surface area (Å²) in [6.07, 6.45) is 2.62. The van der Waals surface area contributed by atoms with Crippen LogP contribution in [-0.2, 0) is 19.1 Å². The van der Waals surface area contributed by atoms with E-state index in [1.807, 2.05) is 0 Å². The van der Waals surface area contributed by atoms with Gasteiger partial charge in [0, 0.05) is 6.42 Å². The molecule has 3 unspecified atom stereocenters. The van der Waals surface area contributed by atoms with Crippen LogP contribution in [0.15, 0.2) is 36.3 Å².